The van der Waals surface area contributed by atoms with Gasteiger partial charge in [0.25, 0.3) is 5.91 Å². The van der Waals surface area contributed by atoms with Gasteiger partial charge in [0.2, 0.25) is 0 Å². The van der Waals surface area contributed by atoms with Crippen molar-refractivity contribution in [2.75, 3.05) is 20.2 Å². The Hall–Kier alpha value is -1.49. The monoisotopic (exact) mass is 284 g/mol. The molecule has 1 aliphatic heterocycles. The second kappa shape index (κ2) is 5.65. The molecule has 0 spiro atoms. The first-order valence-electron chi connectivity index (χ1n) is 6.22. The minimum absolute atomic E-state index is 0.0438. The largest absolute Gasteiger partial charge is 0.469 e. The molecule has 2 heterocycles. The number of ether oxygens (including phenoxy) is 1. The quantitative estimate of drug-likeness (QED) is 0.777. The third-order valence-corrected chi connectivity index (χ3v) is 3.71. The van der Waals surface area contributed by atoms with Crippen molar-refractivity contribution in [1.82, 2.24) is 9.47 Å². The molecule has 0 saturated carbocycles. The fourth-order valence-corrected chi connectivity index (χ4v) is 2.63. The number of likely N-dealkylation sites (tertiary alicyclic amines) is 1. The van der Waals surface area contributed by atoms with Crippen molar-refractivity contribution in [3.05, 3.63) is 23.0 Å². The highest BCUT2D eigenvalue weighted by molar-refractivity contribution is 6.31. The Morgan fingerprint density at radius 2 is 2.00 bits per heavy atom. The minimum Gasteiger partial charge on any atom is -0.469 e. The van der Waals surface area contributed by atoms with E-state index in [0.29, 0.717) is 36.6 Å². The summed E-state index contributed by atoms with van der Waals surface area (Å²) in [7, 11) is 3.19. The number of aromatic nitrogens is 1. The van der Waals surface area contributed by atoms with Gasteiger partial charge >= 0.3 is 5.97 Å². The number of carbonyl (C=O) groups excluding carboxylic acids is 2. The van der Waals surface area contributed by atoms with E-state index in [9.17, 15) is 9.59 Å². The van der Waals surface area contributed by atoms with Crippen LogP contribution in [0.25, 0.3) is 0 Å². The van der Waals surface area contributed by atoms with Crippen molar-refractivity contribution in [2.24, 2.45) is 13.0 Å². The predicted octanol–water partition coefficient (Wildman–Crippen LogP) is 1.70. The normalized spacial score (nSPS) is 16.5. The molecule has 104 valence electrons. The van der Waals surface area contributed by atoms with Crippen molar-refractivity contribution in [3.63, 3.8) is 0 Å². The molecular formula is C13H17ClN2O3. The Balaban J connectivity index is 2.00. The number of esters is 1. The number of rotatable bonds is 2. The van der Waals surface area contributed by atoms with Gasteiger partial charge in [0.05, 0.1) is 18.1 Å². The van der Waals surface area contributed by atoms with Crippen LogP contribution in [-0.2, 0) is 16.6 Å². The van der Waals surface area contributed by atoms with Gasteiger partial charge in [-0.1, -0.05) is 11.6 Å². The number of halogens is 1. The first-order chi connectivity index (χ1) is 9.02. The van der Waals surface area contributed by atoms with Crippen LogP contribution in [0.15, 0.2) is 12.3 Å². The van der Waals surface area contributed by atoms with Crippen molar-refractivity contribution in [1.29, 1.82) is 0 Å². The van der Waals surface area contributed by atoms with Crippen LogP contribution in [0.2, 0.25) is 5.02 Å². The van der Waals surface area contributed by atoms with Crippen LogP contribution in [0.1, 0.15) is 23.3 Å². The fraction of sp³-hybridized carbons (Fsp3) is 0.538. The van der Waals surface area contributed by atoms with Gasteiger partial charge in [-0.05, 0) is 18.9 Å². The summed E-state index contributed by atoms with van der Waals surface area (Å²) in [6.07, 6.45) is 3.00. The topological polar surface area (TPSA) is 51.5 Å². The van der Waals surface area contributed by atoms with Gasteiger partial charge in [-0.3, -0.25) is 9.59 Å². The molecule has 0 radical (unpaired) electrons. The number of methoxy groups -OCH3 is 1. The second-order valence-corrected chi connectivity index (χ2v) is 5.18. The standard InChI is InChI=1S/C13H17ClN2O3/c1-15-8-10(14)7-11(15)12(17)16-5-3-9(4-6-16)13(18)19-2/h7-9H,3-6H2,1-2H3. The third-order valence-electron chi connectivity index (χ3n) is 3.51. The molecule has 1 aromatic rings. The highest BCUT2D eigenvalue weighted by Crippen LogP contribution is 2.21. The van der Waals surface area contributed by atoms with E-state index >= 15 is 0 Å². The maximum absolute atomic E-state index is 12.3. The summed E-state index contributed by atoms with van der Waals surface area (Å²) in [5.41, 5.74) is 0.571. The molecule has 1 aliphatic rings. The van der Waals surface area contributed by atoms with E-state index in [1.165, 1.54) is 7.11 Å². The minimum atomic E-state index is -0.186. The van der Waals surface area contributed by atoms with E-state index in [4.69, 9.17) is 16.3 Å². The van der Waals surface area contributed by atoms with Crippen LogP contribution >= 0.6 is 11.6 Å². The molecule has 6 heteroatoms. The van der Waals surface area contributed by atoms with Gasteiger partial charge in [0.15, 0.2) is 0 Å². The van der Waals surface area contributed by atoms with Crippen molar-refractivity contribution in [2.45, 2.75) is 12.8 Å². The molecule has 0 aromatic carbocycles. The molecule has 0 N–H and O–H groups in total. The molecule has 19 heavy (non-hydrogen) atoms. The first-order valence-corrected chi connectivity index (χ1v) is 6.59. The van der Waals surface area contributed by atoms with Gasteiger partial charge in [-0.15, -0.1) is 0 Å². The van der Waals surface area contributed by atoms with E-state index in [-0.39, 0.29) is 17.8 Å². The molecule has 1 saturated heterocycles. The molecule has 0 aliphatic carbocycles. The van der Waals surface area contributed by atoms with Crippen molar-refractivity contribution in [3.8, 4) is 0 Å². The lowest BCUT2D eigenvalue weighted by atomic mass is 9.97. The Morgan fingerprint density at radius 3 is 2.47 bits per heavy atom. The first kappa shape index (κ1) is 13.9. The van der Waals surface area contributed by atoms with E-state index in [2.05, 4.69) is 0 Å². The lowest BCUT2D eigenvalue weighted by molar-refractivity contribution is -0.146. The molecule has 1 amide bonds. The number of nitrogens with zero attached hydrogens (tertiary/aromatic N) is 2. The van der Waals surface area contributed by atoms with E-state index in [1.54, 1.807) is 28.8 Å². The average Bonchev–Trinajstić information content (AvgIpc) is 2.76. The number of aryl methyl sites for hydroxylation is 1. The number of carbonyl (C=O) groups is 2. The molecule has 2 rings (SSSR count). The van der Waals surface area contributed by atoms with Crippen LogP contribution in [-0.4, -0.2) is 41.5 Å². The van der Waals surface area contributed by atoms with Gasteiger partial charge in [0, 0.05) is 26.3 Å². The van der Waals surface area contributed by atoms with Gasteiger partial charge in [-0.2, -0.15) is 0 Å². The summed E-state index contributed by atoms with van der Waals surface area (Å²) in [5, 5.41) is 0.551. The van der Waals surface area contributed by atoms with Crippen LogP contribution in [0.4, 0.5) is 0 Å². The summed E-state index contributed by atoms with van der Waals surface area (Å²) < 4.78 is 6.45. The predicted molar refractivity (Wildman–Crippen MR) is 71.1 cm³/mol. The molecule has 5 nitrogen and oxygen atoms in total. The Labute approximate surface area is 117 Å². The zero-order chi connectivity index (χ0) is 14.0. The highest BCUT2D eigenvalue weighted by Gasteiger charge is 2.29. The average molecular weight is 285 g/mol. The summed E-state index contributed by atoms with van der Waals surface area (Å²) >= 11 is 5.88. The number of hydrogen-bond donors (Lipinski definition) is 0. The number of hydrogen-bond acceptors (Lipinski definition) is 3. The van der Waals surface area contributed by atoms with Crippen LogP contribution in [0.3, 0.4) is 0 Å². The van der Waals surface area contributed by atoms with Crippen molar-refractivity contribution >= 4 is 23.5 Å². The molecule has 1 aromatic heterocycles. The Morgan fingerprint density at radius 1 is 1.37 bits per heavy atom. The summed E-state index contributed by atoms with van der Waals surface area (Å²) in [5.74, 6) is -0.322. The van der Waals surface area contributed by atoms with E-state index in [1.807, 2.05) is 0 Å². The van der Waals surface area contributed by atoms with Gasteiger partial charge < -0.3 is 14.2 Å². The second-order valence-electron chi connectivity index (χ2n) is 4.74. The van der Waals surface area contributed by atoms with E-state index in [0.717, 1.165) is 0 Å². The fourth-order valence-electron chi connectivity index (χ4n) is 2.38. The Kier molecular flexibility index (Phi) is 4.14. The van der Waals surface area contributed by atoms with Crippen LogP contribution in [0, 0.1) is 5.92 Å². The molecular weight excluding hydrogens is 268 g/mol. The maximum atomic E-state index is 12.3. The summed E-state index contributed by atoms with van der Waals surface area (Å²) in [6.45, 7) is 1.14. The third kappa shape index (κ3) is 2.92. The lowest BCUT2D eigenvalue weighted by Gasteiger charge is -2.30. The van der Waals surface area contributed by atoms with E-state index < -0.39 is 0 Å². The summed E-state index contributed by atoms with van der Waals surface area (Å²) in [6, 6.07) is 1.66. The van der Waals surface area contributed by atoms with Crippen LogP contribution in [0.5, 0.6) is 0 Å². The Bertz CT molecular complexity index is 490. The lowest BCUT2D eigenvalue weighted by Crippen LogP contribution is -2.41. The molecule has 0 bridgehead atoms. The molecule has 0 unspecified atom stereocenters. The highest BCUT2D eigenvalue weighted by atomic mass is 35.5. The molecule has 1 fully saturated rings. The zero-order valence-corrected chi connectivity index (χ0v) is 11.8. The molecule has 0 atom stereocenters. The maximum Gasteiger partial charge on any atom is 0.308 e. The van der Waals surface area contributed by atoms with Gasteiger partial charge in [-0.25, -0.2) is 0 Å². The zero-order valence-electron chi connectivity index (χ0n) is 11.1. The summed E-state index contributed by atoms with van der Waals surface area (Å²) in [4.78, 5) is 25.5. The van der Waals surface area contributed by atoms with Crippen LogP contribution < -0.4 is 0 Å². The number of amides is 1. The van der Waals surface area contributed by atoms with Crippen molar-refractivity contribution < 1.29 is 14.3 Å². The smallest absolute Gasteiger partial charge is 0.308 e. The SMILES string of the molecule is COC(=O)C1CCN(C(=O)c2cc(Cl)cn2C)CC1. The van der Waals surface area contributed by atoms with Gasteiger partial charge in [0.1, 0.15) is 5.69 Å². The number of piperidine rings is 1.